The topological polar surface area (TPSA) is 69.6 Å². The van der Waals surface area contributed by atoms with E-state index in [4.69, 9.17) is 0 Å². The van der Waals surface area contributed by atoms with Crippen LogP contribution in [0.3, 0.4) is 0 Å². The van der Waals surface area contributed by atoms with E-state index in [1.807, 2.05) is 25.1 Å². The summed E-state index contributed by atoms with van der Waals surface area (Å²) in [7, 11) is 0. The second-order valence-corrected chi connectivity index (χ2v) is 6.65. The fourth-order valence-corrected chi connectivity index (χ4v) is 2.97. The monoisotopic (exact) mass is 318 g/mol. The van der Waals surface area contributed by atoms with Crippen LogP contribution in [0, 0.1) is 5.41 Å². The van der Waals surface area contributed by atoms with Crippen molar-refractivity contribution in [3.05, 3.63) is 35.9 Å². The van der Waals surface area contributed by atoms with Crippen LogP contribution in [-0.4, -0.2) is 47.6 Å². The van der Waals surface area contributed by atoms with Crippen molar-refractivity contribution in [1.82, 2.24) is 10.2 Å². The summed E-state index contributed by atoms with van der Waals surface area (Å²) in [5, 5.41) is 12.2. The number of aliphatic hydroxyl groups is 1. The predicted molar refractivity (Wildman–Crippen MR) is 89.0 cm³/mol. The molecule has 5 nitrogen and oxygen atoms in total. The molecule has 126 valence electrons. The molecule has 1 aromatic rings. The molecule has 2 unspecified atom stereocenters. The van der Waals surface area contributed by atoms with Gasteiger partial charge in [0.05, 0.1) is 11.5 Å². The Bertz CT molecular complexity index is 544. The number of nitrogens with zero attached hydrogens (tertiary/aromatic N) is 1. The van der Waals surface area contributed by atoms with Crippen molar-refractivity contribution >= 4 is 11.8 Å². The highest BCUT2D eigenvalue weighted by Gasteiger charge is 2.39. The van der Waals surface area contributed by atoms with Crippen LogP contribution in [0.4, 0.5) is 0 Å². The molecule has 1 aromatic carbocycles. The summed E-state index contributed by atoms with van der Waals surface area (Å²) in [6.45, 7) is 5.19. The van der Waals surface area contributed by atoms with Gasteiger partial charge < -0.3 is 15.3 Å². The van der Waals surface area contributed by atoms with Crippen LogP contribution in [-0.2, 0) is 4.79 Å². The second kappa shape index (κ2) is 7.59. The molecule has 23 heavy (non-hydrogen) atoms. The number of likely N-dealkylation sites (tertiary alicyclic amines) is 1. The average molecular weight is 318 g/mol. The Morgan fingerprint density at radius 2 is 2.04 bits per heavy atom. The summed E-state index contributed by atoms with van der Waals surface area (Å²) >= 11 is 0. The van der Waals surface area contributed by atoms with Gasteiger partial charge in [0.25, 0.3) is 5.91 Å². The molecule has 0 saturated carbocycles. The lowest BCUT2D eigenvalue weighted by atomic mass is 9.80. The number of carbonyl (C=O) groups excluding carboxylic acids is 2. The zero-order valence-corrected chi connectivity index (χ0v) is 13.9. The van der Waals surface area contributed by atoms with Crippen molar-refractivity contribution in [1.29, 1.82) is 0 Å². The number of aliphatic hydroxyl groups excluding tert-OH is 1. The first kappa shape index (κ1) is 17.5. The Hall–Kier alpha value is -1.88. The van der Waals surface area contributed by atoms with Gasteiger partial charge in [-0.25, -0.2) is 0 Å². The fourth-order valence-electron chi connectivity index (χ4n) is 2.97. The first-order valence-electron chi connectivity index (χ1n) is 8.23. The van der Waals surface area contributed by atoms with Gasteiger partial charge in [-0.2, -0.15) is 0 Å². The second-order valence-electron chi connectivity index (χ2n) is 6.65. The summed E-state index contributed by atoms with van der Waals surface area (Å²) in [4.78, 5) is 26.8. The molecule has 5 heteroatoms. The highest BCUT2D eigenvalue weighted by atomic mass is 16.3. The van der Waals surface area contributed by atoms with Gasteiger partial charge in [0.15, 0.2) is 0 Å². The highest BCUT2D eigenvalue weighted by molar-refractivity contribution is 5.95. The zero-order chi connectivity index (χ0) is 16.9. The third-order valence-electron chi connectivity index (χ3n) is 4.40. The van der Waals surface area contributed by atoms with E-state index < -0.39 is 11.5 Å². The first-order valence-corrected chi connectivity index (χ1v) is 8.23. The highest BCUT2D eigenvalue weighted by Crippen LogP contribution is 2.30. The first-order chi connectivity index (χ1) is 10.9. The SMILES string of the molecule is CC(O)CCNC(=O)C1(C)CCCN(C(=O)c2ccccc2)C1. The Kier molecular flexibility index (Phi) is 5.77. The average Bonchev–Trinajstić information content (AvgIpc) is 2.54. The van der Waals surface area contributed by atoms with Gasteiger partial charge in [0.1, 0.15) is 0 Å². The number of hydrogen-bond acceptors (Lipinski definition) is 3. The minimum absolute atomic E-state index is 0.0201. The quantitative estimate of drug-likeness (QED) is 0.870. The maximum Gasteiger partial charge on any atom is 0.253 e. The fraction of sp³-hybridized carbons (Fsp3) is 0.556. The van der Waals surface area contributed by atoms with Crippen molar-refractivity contribution in [3.8, 4) is 0 Å². The molecule has 1 aliphatic rings. The molecule has 0 spiro atoms. The molecule has 1 heterocycles. The molecule has 2 rings (SSSR count). The van der Waals surface area contributed by atoms with Crippen LogP contribution in [0.15, 0.2) is 30.3 Å². The van der Waals surface area contributed by atoms with Gasteiger partial charge in [-0.3, -0.25) is 9.59 Å². The Morgan fingerprint density at radius 1 is 1.35 bits per heavy atom. The molecular weight excluding hydrogens is 292 g/mol. The van der Waals surface area contributed by atoms with E-state index in [9.17, 15) is 14.7 Å². The summed E-state index contributed by atoms with van der Waals surface area (Å²) in [6.07, 6.45) is 1.70. The van der Waals surface area contributed by atoms with E-state index in [0.717, 1.165) is 12.8 Å². The molecule has 0 aromatic heterocycles. The van der Waals surface area contributed by atoms with Crippen LogP contribution in [0.5, 0.6) is 0 Å². The summed E-state index contributed by atoms with van der Waals surface area (Å²) < 4.78 is 0. The number of hydrogen-bond donors (Lipinski definition) is 2. The van der Waals surface area contributed by atoms with Crippen LogP contribution >= 0.6 is 0 Å². The number of amides is 2. The number of benzene rings is 1. The lowest BCUT2D eigenvalue weighted by Gasteiger charge is -2.39. The van der Waals surface area contributed by atoms with Crippen molar-refractivity contribution in [2.45, 2.75) is 39.2 Å². The summed E-state index contributed by atoms with van der Waals surface area (Å²) in [5.74, 6) is -0.0583. The minimum Gasteiger partial charge on any atom is -0.393 e. The van der Waals surface area contributed by atoms with Crippen molar-refractivity contribution in [2.24, 2.45) is 5.41 Å². The van der Waals surface area contributed by atoms with Gasteiger partial charge in [-0.15, -0.1) is 0 Å². The molecule has 0 radical (unpaired) electrons. The standard InChI is InChI=1S/C18H26N2O3/c1-14(21)9-11-19-17(23)18(2)10-6-12-20(13-18)16(22)15-7-4-3-5-8-15/h3-5,7-8,14,21H,6,9-13H2,1-2H3,(H,19,23). The summed E-state index contributed by atoms with van der Waals surface area (Å²) in [5.41, 5.74) is 0.0905. The van der Waals surface area contributed by atoms with Crippen LogP contribution < -0.4 is 5.32 Å². The Morgan fingerprint density at radius 3 is 2.70 bits per heavy atom. The smallest absolute Gasteiger partial charge is 0.253 e. The van der Waals surface area contributed by atoms with Gasteiger partial charge >= 0.3 is 0 Å². The molecule has 1 fully saturated rings. The molecule has 2 amide bonds. The van der Waals surface area contributed by atoms with E-state index in [0.29, 0.717) is 31.6 Å². The molecular formula is C18H26N2O3. The number of nitrogens with one attached hydrogen (secondary N) is 1. The summed E-state index contributed by atoms with van der Waals surface area (Å²) in [6, 6.07) is 9.18. The number of piperidine rings is 1. The van der Waals surface area contributed by atoms with Gasteiger partial charge in [-0.1, -0.05) is 18.2 Å². The van der Waals surface area contributed by atoms with Gasteiger partial charge in [0, 0.05) is 25.2 Å². The van der Waals surface area contributed by atoms with E-state index in [2.05, 4.69) is 5.32 Å². The Balaban J connectivity index is 1.98. The van der Waals surface area contributed by atoms with Crippen LogP contribution in [0.25, 0.3) is 0 Å². The predicted octanol–water partition coefficient (Wildman–Crippen LogP) is 1.82. The molecule has 0 aliphatic carbocycles. The lowest BCUT2D eigenvalue weighted by molar-refractivity contribution is -0.132. The van der Waals surface area contributed by atoms with Gasteiger partial charge in [-0.05, 0) is 45.2 Å². The van der Waals surface area contributed by atoms with Crippen LogP contribution in [0.2, 0.25) is 0 Å². The molecule has 0 bridgehead atoms. The normalized spacial score (nSPS) is 22.5. The zero-order valence-electron chi connectivity index (χ0n) is 13.9. The third-order valence-corrected chi connectivity index (χ3v) is 4.40. The molecule has 2 N–H and O–H groups in total. The van der Waals surface area contributed by atoms with E-state index in [1.165, 1.54) is 0 Å². The minimum atomic E-state index is -0.568. The molecule has 1 aliphatic heterocycles. The van der Waals surface area contributed by atoms with E-state index in [-0.39, 0.29) is 11.8 Å². The number of carbonyl (C=O) groups is 2. The lowest BCUT2D eigenvalue weighted by Crippen LogP contribution is -2.52. The van der Waals surface area contributed by atoms with Crippen molar-refractivity contribution in [2.75, 3.05) is 19.6 Å². The van der Waals surface area contributed by atoms with Crippen LogP contribution in [0.1, 0.15) is 43.5 Å². The maximum atomic E-state index is 12.6. The Labute approximate surface area is 137 Å². The largest absolute Gasteiger partial charge is 0.393 e. The molecule has 1 saturated heterocycles. The van der Waals surface area contributed by atoms with Crippen molar-refractivity contribution in [3.63, 3.8) is 0 Å². The van der Waals surface area contributed by atoms with E-state index >= 15 is 0 Å². The third kappa shape index (κ3) is 4.55. The molecule has 2 atom stereocenters. The maximum absolute atomic E-state index is 12.6. The van der Waals surface area contributed by atoms with E-state index in [1.54, 1.807) is 24.0 Å². The van der Waals surface area contributed by atoms with Gasteiger partial charge in [0.2, 0.25) is 5.91 Å². The number of rotatable bonds is 5. The van der Waals surface area contributed by atoms with Crippen molar-refractivity contribution < 1.29 is 14.7 Å².